The zero-order valence-corrected chi connectivity index (χ0v) is 17.1. The minimum Gasteiger partial charge on any atom is -0.444 e. The van der Waals surface area contributed by atoms with Crippen molar-refractivity contribution < 1.29 is 19.4 Å². The van der Waals surface area contributed by atoms with Crippen LogP contribution in [0, 0.1) is 0 Å². The average molecular weight is 404 g/mol. The Morgan fingerprint density at radius 1 is 1.36 bits per heavy atom. The molecule has 0 unspecified atom stereocenters. The van der Waals surface area contributed by atoms with Gasteiger partial charge in [-0.25, -0.2) is 9.78 Å². The standard InChI is InChI=1S/C20H25N3O4S/c1-20(2,3)27-19(26)23-17-14(5-4-9-21-17)16-12(8-10-24)11-15(28-16)18(25)22-13-6-7-13/h4-5,9,11,13,24H,6-8,10H2,1-3H3,(H,22,25)(H,21,23,26). The van der Waals surface area contributed by atoms with Gasteiger partial charge in [0.15, 0.2) is 0 Å². The van der Waals surface area contributed by atoms with Gasteiger partial charge in [0.2, 0.25) is 0 Å². The molecule has 0 aromatic carbocycles. The van der Waals surface area contributed by atoms with Crippen LogP contribution in [0.15, 0.2) is 24.4 Å². The topological polar surface area (TPSA) is 101 Å². The summed E-state index contributed by atoms with van der Waals surface area (Å²) in [6.45, 7) is 5.32. The molecule has 0 saturated heterocycles. The van der Waals surface area contributed by atoms with Gasteiger partial charge in [-0.05, 0) is 63.8 Å². The first-order valence-corrected chi connectivity index (χ1v) is 10.1. The zero-order chi connectivity index (χ0) is 20.3. The summed E-state index contributed by atoms with van der Waals surface area (Å²) in [6, 6.07) is 5.66. The molecule has 8 heteroatoms. The Balaban J connectivity index is 1.90. The number of hydrogen-bond acceptors (Lipinski definition) is 6. The minimum atomic E-state index is -0.627. The summed E-state index contributed by atoms with van der Waals surface area (Å²) in [5.41, 5.74) is 0.902. The molecule has 0 aliphatic heterocycles. The van der Waals surface area contributed by atoms with Gasteiger partial charge in [-0.1, -0.05) is 0 Å². The Morgan fingerprint density at radius 2 is 2.11 bits per heavy atom. The second kappa shape index (κ2) is 8.28. The molecule has 0 bridgehead atoms. The molecular formula is C20H25N3O4S. The number of rotatable bonds is 6. The fourth-order valence-electron chi connectivity index (χ4n) is 2.65. The van der Waals surface area contributed by atoms with Crippen LogP contribution in [0.4, 0.5) is 10.6 Å². The molecule has 1 aliphatic rings. The molecule has 2 aromatic rings. The molecule has 1 fully saturated rings. The van der Waals surface area contributed by atoms with Crippen molar-refractivity contribution in [2.75, 3.05) is 11.9 Å². The maximum absolute atomic E-state index is 12.4. The third-order valence-corrected chi connectivity index (χ3v) is 5.21. The highest BCUT2D eigenvalue weighted by atomic mass is 32.1. The Hall–Kier alpha value is -2.45. The number of nitrogens with zero attached hydrogens (tertiary/aromatic N) is 1. The number of ether oxygens (including phenoxy) is 1. The quantitative estimate of drug-likeness (QED) is 0.684. The Kier molecular flexibility index (Phi) is 6.00. The molecule has 3 N–H and O–H groups in total. The first kappa shape index (κ1) is 20.3. The molecule has 2 amide bonds. The van der Waals surface area contributed by atoms with E-state index in [1.807, 2.05) is 6.07 Å². The first-order chi connectivity index (χ1) is 13.3. The van der Waals surface area contributed by atoms with Crippen LogP contribution in [0.25, 0.3) is 10.4 Å². The third kappa shape index (κ3) is 5.30. The normalized spacial score (nSPS) is 13.9. The van der Waals surface area contributed by atoms with Gasteiger partial charge in [-0.2, -0.15) is 0 Å². The zero-order valence-electron chi connectivity index (χ0n) is 16.2. The summed E-state index contributed by atoms with van der Waals surface area (Å²) in [6.07, 6.45) is 3.42. The molecule has 1 aliphatic carbocycles. The molecule has 3 rings (SSSR count). The van der Waals surface area contributed by atoms with E-state index >= 15 is 0 Å². The Morgan fingerprint density at radius 3 is 2.75 bits per heavy atom. The predicted molar refractivity (Wildman–Crippen MR) is 109 cm³/mol. The molecule has 28 heavy (non-hydrogen) atoms. The van der Waals surface area contributed by atoms with Gasteiger partial charge in [-0.3, -0.25) is 10.1 Å². The maximum atomic E-state index is 12.4. The van der Waals surface area contributed by atoms with Crippen LogP contribution in [-0.2, 0) is 11.2 Å². The number of carbonyl (C=O) groups is 2. The fraction of sp³-hybridized carbons (Fsp3) is 0.450. The number of aliphatic hydroxyl groups is 1. The molecule has 0 spiro atoms. The van der Waals surface area contributed by atoms with Gasteiger partial charge in [0.1, 0.15) is 11.4 Å². The van der Waals surface area contributed by atoms with E-state index in [1.54, 1.807) is 39.1 Å². The van der Waals surface area contributed by atoms with Gasteiger partial charge in [0, 0.05) is 29.3 Å². The van der Waals surface area contributed by atoms with E-state index in [2.05, 4.69) is 15.6 Å². The lowest BCUT2D eigenvalue weighted by Gasteiger charge is -2.20. The van der Waals surface area contributed by atoms with Crippen molar-refractivity contribution in [2.45, 2.75) is 51.7 Å². The highest BCUT2D eigenvalue weighted by Gasteiger charge is 2.26. The Bertz CT molecular complexity index is 869. The molecule has 1 saturated carbocycles. The van der Waals surface area contributed by atoms with Crippen LogP contribution in [0.2, 0.25) is 0 Å². The summed E-state index contributed by atoms with van der Waals surface area (Å²) in [7, 11) is 0. The van der Waals surface area contributed by atoms with Crippen LogP contribution in [0.5, 0.6) is 0 Å². The Labute approximate surface area is 168 Å². The minimum absolute atomic E-state index is 0.0392. The number of aromatic nitrogens is 1. The summed E-state index contributed by atoms with van der Waals surface area (Å²) >= 11 is 1.33. The van der Waals surface area contributed by atoms with E-state index in [9.17, 15) is 14.7 Å². The molecule has 0 radical (unpaired) electrons. The highest BCUT2D eigenvalue weighted by molar-refractivity contribution is 7.17. The van der Waals surface area contributed by atoms with E-state index < -0.39 is 11.7 Å². The van der Waals surface area contributed by atoms with E-state index in [4.69, 9.17) is 4.74 Å². The van der Waals surface area contributed by atoms with Crippen LogP contribution in [0.1, 0.15) is 48.8 Å². The number of hydrogen-bond donors (Lipinski definition) is 3. The van der Waals surface area contributed by atoms with E-state index in [-0.39, 0.29) is 18.6 Å². The molecular weight excluding hydrogens is 378 g/mol. The van der Waals surface area contributed by atoms with Gasteiger partial charge in [-0.15, -0.1) is 11.3 Å². The summed E-state index contributed by atoms with van der Waals surface area (Å²) in [5.74, 6) is 0.246. The number of carbonyl (C=O) groups excluding carboxylic acids is 2. The average Bonchev–Trinajstić information content (AvgIpc) is 3.31. The van der Waals surface area contributed by atoms with Crippen LogP contribution in [0.3, 0.4) is 0 Å². The molecule has 150 valence electrons. The van der Waals surface area contributed by atoms with Crippen molar-refractivity contribution in [3.63, 3.8) is 0 Å². The van der Waals surface area contributed by atoms with Crippen molar-refractivity contribution >= 4 is 29.2 Å². The summed E-state index contributed by atoms with van der Waals surface area (Å²) < 4.78 is 5.31. The lowest BCUT2D eigenvalue weighted by molar-refractivity contribution is 0.0635. The number of thiophene rings is 1. The predicted octanol–water partition coefficient (Wildman–Crippen LogP) is 3.58. The molecule has 0 atom stereocenters. The van der Waals surface area contributed by atoms with Gasteiger partial charge >= 0.3 is 6.09 Å². The van der Waals surface area contributed by atoms with Crippen molar-refractivity contribution in [3.8, 4) is 10.4 Å². The first-order valence-electron chi connectivity index (χ1n) is 9.26. The molecule has 7 nitrogen and oxygen atoms in total. The summed E-state index contributed by atoms with van der Waals surface area (Å²) in [4.78, 5) is 30.3. The lowest BCUT2D eigenvalue weighted by atomic mass is 10.1. The third-order valence-electron chi connectivity index (χ3n) is 4.00. The van der Waals surface area contributed by atoms with Gasteiger partial charge in [0.05, 0.1) is 4.88 Å². The van der Waals surface area contributed by atoms with Crippen molar-refractivity contribution in [1.82, 2.24) is 10.3 Å². The number of nitrogens with one attached hydrogen (secondary N) is 2. The largest absolute Gasteiger partial charge is 0.444 e. The second-order valence-electron chi connectivity index (χ2n) is 7.71. The van der Waals surface area contributed by atoms with Crippen LogP contribution >= 0.6 is 11.3 Å². The monoisotopic (exact) mass is 403 g/mol. The number of aliphatic hydroxyl groups excluding tert-OH is 1. The number of anilines is 1. The van der Waals surface area contributed by atoms with E-state index in [0.717, 1.165) is 23.3 Å². The number of pyridine rings is 1. The van der Waals surface area contributed by atoms with Gasteiger partial charge < -0.3 is 15.2 Å². The van der Waals surface area contributed by atoms with Crippen molar-refractivity contribution in [2.24, 2.45) is 0 Å². The maximum Gasteiger partial charge on any atom is 0.413 e. The molecule has 2 heterocycles. The summed E-state index contributed by atoms with van der Waals surface area (Å²) in [5, 5.41) is 15.1. The van der Waals surface area contributed by atoms with E-state index in [0.29, 0.717) is 22.7 Å². The smallest absolute Gasteiger partial charge is 0.413 e. The van der Waals surface area contributed by atoms with Gasteiger partial charge in [0.25, 0.3) is 5.91 Å². The van der Waals surface area contributed by atoms with Crippen LogP contribution < -0.4 is 10.6 Å². The lowest BCUT2D eigenvalue weighted by Crippen LogP contribution is -2.27. The van der Waals surface area contributed by atoms with E-state index in [1.165, 1.54) is 11.3 Å². The number of amides is 2. The fourth-order valence-corrected chi connectivity index (χ4v) is 3.79. The SMILES string of the molecule is CC(C)(C)OC(=O)Nc1ncccc1-c1sc(C(=O)NC2CC2)cc1CCO. The van der Waals surface area contributed by atoms with Crippen molar-refractivity contribution in [1.29, 1.82) is 0 Å². The van der Waals surface area contributed by atoms with Crippen molar-refractivity contribution in [3.05, 3.63) is 34.8 Å². The van der Waals surface area contributed by atoms with Crippen LogP contribution in [-0.4, -0.2) is 40.3 Å². The highest BCUT2D eigenvalue weighted by Crippen LogP contribution is 2.37. The second-order valence-corrected chi connectivity index (χ2v) is 8.77. The molecule has 2 aromatic heterocycles.